The van der Waals surface area contributed by atoms with Crippen molar-refractivity contribution in [3.63, 3.8) is 0 Å². The molecule has 1 aromatic rings. The topological polar surface area (TPSA) is 88.7 Å². The Morgan fingerprint density at radius 3 is 2.50 bits per heavy atom. The molecule has 1 aromatic carbocycles. The number of methoxy groups -OCH3 is 1. The van der Waals surface area contributed by atoms with Gasteiger partial charge in [-0.1, -0.05) is 13.0 Å². The van der Waals surface area contributed by atoms with E-state index in [1.54, 1.807) is 14.0 Å². The smallest absolute Gasteiger partial charge is 0.321 e. The lowest BCUT2D eigenvalue weighted by Gasteiger charge is -2.21. The van der Waals surface area contributed by atoms with Crippen LogP contribution in [0.15, 0.2) is 18.2 Å². The quantitative estimate of drug-likeness (QED) is 0.675. The molecular formula is C17H27N3O4. The summed E-state index contributed by atoms with van der Waals surface area (Å²) in [7, 11) is 3.05. The highest BCUT2D eigenvalue weighted by atomic mass is 16.5. The molecule has 0 aliphatic carbocycles. The molecule has 1 rings (SSSR count). The zero-order valence-electron chi connectivity index (χ0n) is 14.9. The maximum absolute atomic E-state index is 11.9. The highest BCUT2D eigenvalue weighted by Gasteiger charge is 2.19. The van der Waals surface area contributed by atoms with E-state index in [0.717, 1.165) is 12.0 Å². The Morgan fingerprint density at radius 1 is 1.21 bits per heavy atom. The first-order chi connectivity index (χ1) is 11.4. The van der Waals surface area contributed by atoms with Gasteiger partial charge >= 0.3 is 6.03 Å². The van der Waals surface area contributed by atoms with Gasteiger partial charge in [0.1, 0.15) is 0 Å². The molecule has 3 N–H and O–H groups in total. The standard InChI is InChI=1S/C17H27N3O4/c1-6-9-24-14-8-7-13(10-15(14)23-5)11(2)19-12(3)16(21)20-17(22)18-4/h7-8,10-12,19H,6,9H2,1-5H3,(H2,18,20,21,22)/t11-,12+/m1/s1. The van der Waals surface area contributed by atoms with E-state index < -0.39 is 18.0 Å². The zero-order chi connectivity index (χ0) is 18.1. The third-order valence-corrected chi connectivity index (χ3v) is 3.51. The highest BCUT2D eigenvalue weighted by molar-refractivity contribution is 5.96. The third kappa shape index (κ3) is 5.73. The first-order valence-electron chi connectivity index (χ1n) is 8.02. The van der Waals surface area contributed by atoms with E-state index in [1.807, 2.05) is 32.0 Å². The van der Waals surface area contributed by atoms with Crippen molar-refractivity contribution in [3.05, 3.63) is 23.8 Å². The molecule has 0 bridgehead atoms. The summed E-state index contributed by atoms with van der Waals surface area (Å²) in [5.41, 5.74) is 0.954. The molecule has 0 heterocycles. The van der Waals surface area contributed by atoms with Gasteiger partial charge in [0, 0.05) is 13.1 Å². The second kappa shape index (κ2) is 9.77. The molecule has 0 aliphatic rings. The largest absolute Gasteiger partial charge is 0.493 e. The maximum Gasteiger partial charge on any atom is 0.321 e. The molecule has 7 nitrogen and oxygen atoms in total. The molecule has 134 valence electrons. The molecular weight excluding hydrogens is 310 g/mol. The van der Waals surface area contributed by atoms with Crippen molar-refractivity contribution >= 4 is 11.9 Å². The molecule has 0 saturated carbocycles. The number of hydrogen-bond donors (Lipinski definition) is 3. The molecule has 24 heavy (non-hydrogen) atoms. The second-order valence-corrected chi connectivity index (χ2v) is 5.44. The van der Waals surface area contributed by atoms with Gasteiger partial charge in [-0.2, -0.15) is 0 Å². The fourth-order valence-corrected chi connectivity index (χ4v) is 2.11. The van der Waals surface area contributed by atoms with Crippen LogP contribution in [0.3, 0.4) is 0 Å². The Morgan fingerprint density at radius 2 is 1.92 bits per heavy atom. The minimum atomic E-state index is -0.528. The predicted molar refractivity (Wildman–Crippen MR) is 92.4 cm³/mol. The van der Waals surface area contributed by atoms with Crippen molar-refractivity contribution < 1.29 is 19.1 Å². The highest BCUT2D eigenvalue weighted by Crippen LogP contribution is 2.30. The van der Waals surface area contributed by atoms with Crippen LogP contribution in [0.5, 0.6) is 11.5 Å². The van der Waals surface area contributed by atoms with E-state index in [2.05, 4.69) is 16.0 Å². The molecule has 0 spiro atoms. The van der Waals surface area contributed by atoms with E-state index in [9.17, 15) is 9.59 Å². The van der Waals surface area contributed by atoms with Gasteiger partial charge < -0.3 is 14.8 Å². The summed E-state index contributed by atoms with van der Waals surface area (Å²) in [5.74, 6) is 0.953. The van der Waals surface area contributed by atoms with Crippen LogP contribution in [-0.2, 0) is 4.79 Å². The molecule has 0 unspecified atom stereocenters. The fraction of sp³-hybridized carbons (Fsp3) is 0.529. The van der Waals surface area contributed by atoms with E-state index in [0.29, 0.717) is 18.1 Å². The number of carbonyl (C=O) groups excluding carboxylic acids is 2. The number of benzene rings is 1. The van der Waals surface area contributed by atoms with Gasteiger partial charge in [-0.05, 0) is 38.0 Å². The van der Waals surface area contributed by atoms with E-state index in [1.165, 1.54) is 7.05 Å². The first kappa shape index (κ1) is 19.8. The van der Waals surface area contributed by atoms with Gasteiger partial charge in [0.25, 0.3) is 0 Å². The molecule has 7 heteroatoms. The lowest BCUT2D eigenvalue weighted by atomic mass is 10.1. The molecule has 3 amide bonds. The first-order valence-corrected chi connectivity index (χ1v) is 8.02. The molecule has 0 radical (unpaired) electrons. The Kier molecular flexibility index (Phi) is 8.05. The number of rotatable bonds is 8. The molecule has 2 atom stereocenters. The van der Waals surface area contributed by atoms with Crippen molar-refractivity contribution in [2.24, 2.45) is 0 Å². The zero-order valence-corrected chi connectivity index (χ0v) is 14.9. The number of hydrogen-bond acceptors (Lipinski definition) is 5. The maximum atomic E-state index is 11.9. The van der Waals surface area contributed by atoms with Crippen molar-refractivity contribution in [1.82, 2.24) is 16.0 Å². The minimum absolute atomic E-state index is 0.107. The van der Waals surface area contributed by atoms with Crippen molar-refractivity contribution in [2.75, 3.05) is 20.8 Å². The Bertz CT molecular complexity index is 563. The minimum Gasteiger partial charge on any atom is -0.493 e. The number of imide groups is 1. The van der Waals surface area contributed by atoms with Gasteiger partial charge in [-0.25, -0.2) is 4.79 Å². The summed E-state index contributed by atoms with van der Waals surface area (Å²) in [4.78, 5) is 23.1. The number of urea groups is 1. The summed E-state index contributed by atoms with van der Waals surface area (Å²) >= 11 is 0. The average molecular weight is 337 g/mol. The van der Waals surface area contributed by atoms with Crippen LogP contribution >= 0.6 is 0 Å². The summed E-state index contributed by atoms with van der Waals surface area (Å²) < 4.78 is 11.0. The van der Waals surface area contributed by atoms with Crippen molar-refractivity contribution in [2.45, 2.75) is 39.3 Å². The van der Waals surface area contributed by atoms with Crippen LogP contribution in [0.2, 0.25) is 0 Å². The van der Waals surface area contributed by atoms with Gasteiger partial charge in [-0.3, -0.25) is 15.4 Å². The van der Waals surface area contributed by atoms with Crippen LogP contribution in [0, 0.1) is 0 Å². The Balaban J connectivity index is 2.74. The van der Waals surface area contributed by atoms with Crippen LogP contribution in [0.25, 0.3) is 0 Å². The molecule has 0 fully saturated rings. The summed E-state index contributed by atoms with van der Waals surface area (Å²) in [6.45, 7) is 6.30. The number of amides is 3. The summed E-state index contributed by atoms with van der Waals surface area (Å²) in [5, 5.41) is 7.74. The Labute approximate surface area is 143 Å². The van der Waals surface area contributed by atoms with Crippen molar-refractivity contribution in [3.8, 4) is 11.5 Å². The van der Waals surface area contributed by atoms with Crippen LogP contribution in [0.4, 0.5) is 4.79 Å². The molecule has 0 aromatic heterocycles. The lowest BCUT2D eigenvalue weighted by molar-refractivity contribution is -0.121. The van der Waals surface area contributed by atoms with Crippen LogP contribution in [0.1, 0.15) is 38.8 Å². The van der Waals surface area contributed by atoms with Gasteiger partial charge in [0.05, 0.1) is 19.8 Å². The predicted octanol–water partition coefficient (Wildman–Crippen LogP) is 1.98. The lowest BCUT2D eigenvalue weighted by Crippen LogP contribution is -2.47. The second-order valence-electron chi connectivity index (χ2n) is 5.44. The number of nitrogens with one attached hydrogen (secondary N) is 3. The van der Waals surface area contributed by atoms with Gasteiger partial charge in [-0.15, -0.1) is 0 Å². The SMILES string of the molecule is CCCOc1ccc([C@@H](C)N[C@@H](C)C(=O)NC(=O)NC)cc1OC. The molecule has 0 aliphatic heterocycles. The fourth-order valence-electron chi connectivity index (χ4n) is 2.11. The normalized spacial score (nSPS) is 12.9. The summed E-state index contributed by atoms with van der Waals surface area (Å²) in [6, 6.07) is 4.50. The van der Waals surface area contributed by atoms with Crippen LogP contribution in [-0.4, -0.2) is 38.7 Å². The van der Waals surface area contributed by atoms with Crippen LogP contribution < -0.4 is 25.4 Å². The van der Waals surface area contributed by atoms with Gasteiger partial charge in [0.2, 0.25) is 5.91 Å². The van der Waals surface area contributed by atoms with Gasteiger partial charge in [0.15, 0.2) is 11.5 Å². The van der Waals surface area contributed by atoms with Crippen molar-refractivity contribution in [1.29, 1.82) is 0 Å². The average Bonchev–Trinajstić information content (AvgIpc) is 2.59. The van der Waals surface area contributed by atoms with E-state index >= 15 is 0 Å². The molecule has 0 saturated heterocycles. The van der Waals surface area contributed by atoms with E-state index in [4.69, 9.17) is 9.47 Å². The Hall–Kier alpha value is -2.28. The number of ether oxygens (including phenoxy) is 2. The van der Waals surface area contributed by atoms with E-state index in [-0.39, 0.29) is 6.04 Å². The third-order valence-electron chi connectivity index (χ3n) is 3.51. The summed E-state index contributed by atoms with van der Waals surface area (Å²) in [6.07, 6.45) is 0.917. The number of carbonyl (C=O) groups is 2. The monoisotopic (exact) mass is 337 g/mol.